The maximum absolute atomic E-state index is 12.5. The predicted molar refractivity (Wildman–Crippen MR) is 96.1 cm³/mol. The van der Waals surface area contributed by atoms with Crippen molar-refractivity contribution in [1.82, 2.24) is 4.57 Å². The molecule has 1 atom stereocenters. The molecule has 4 heteroatoms. The van der Waals surface area contributed by atoms with E-state index >= 15 is 0 Å². The Bertz CT molecular complexity index is 742. The minimum atomic E-state index is 0.0315. The second kappa shape index (κ2) is 6.84. The van der Waals surface area contributed by atoms with Gasteiger partial charge >= 0.3 is 0 Å². The average Bonchev–Trinajstić information content (AvgIpc) is 3.21. The molecule has 3 nitrogen and oxygen atoms in total. The van der Waals surface area contributed by atoms with Gasteiger partial charge in [0.05, 0.1) is 12.5 Å². The number of nitrogens with zero attached hydrogens (tertiary/aromatic N) is 1. The van der Waals surface area contributed by atoms with Crippen molar-refractivity contribution in [1.29, 1.82) is 0 Å². The Morgan fingerprint density at radius 2 is 1.96 bits per heavy atom. The third-order valence-corrected chi connectivity index (χ3v) is 4.87. The van der Waals surface area contributed by atoms with Crippen LogP contribution in [0.3, 0.4) is 0 Å². The van der Waals surface area contributed by atoms with Crippen LogP contribution in [0, 0.1) is 13.8 Å². The number of benzene rings is 1. The van der Waals surface area contributed by atoms with E-state index in [4.69, 9.17) is 0 Å². The number of rotatable bonds is 5. The van der Waals surface area contributed by atoms with Crippen LogP contribution in [0.4, 0.5) is 5.69 Å². The number of anilines is 1. The summed E-state index contributed by atoms with van der Waals surface area (Å²) in [5.74, 6) is 0.0315. The monoisotopic (exact) mass is 324 g/mol. The van der Waals surface area contributed by atoms with Crippen molar-refractivity contribution in [3.05, 3.63) is 76.2 Å². The van der Waals surface area contributed by atoms with Crippen LogP contribution in [0.1, 0.15) is 28.5 Å². The molecule has 118 valence electrons. The first kappa shape index (κ1) is 15.6. The molecule has 0 spiro atoms. The van der Waals surface area contributed by atoms with Crippen LogP contribution >= 0.6 is 11.3 Å². The quantitative estimate of drug-likeness (QED) is 0.719. The van der Waals surface area contributed by atoms with Crippen LogP contribution in [0.15, 0.2) is 60.2 Å². The summed E-state index contributed by atoms with van der Waals surface area (Å²) in [6, 6.07) is 14.2. The Kier molecular flexibility index (Phi) is 4.63. The first-order valence-corrected chi connectivity index (χ1v) is 8.54. The standard InChI is InChI=1S/C19H20N2OS/c1-14-7-8-16(15(2)12-14)20-19(22)13-17(18-6-5-11-23-18)21-9-3-4-10-21/h3-12,17H,13H2,1-2H3,(H,20,22)/t17-/m1/s1. The van der Waals surface area contributed by atoms with E-state index < -0.39 is 0 Å². The van der Waals surface area contributed by atoms with E-state index in [1.165, 1.54) is 10.4 Å². The van der Waals surface area contributed by atoms with Gasteiger partial charge < -0.3 is 9.88 Å². The molecule has 23 heavy (non-hydrogen) atoms. The summed E-state index contributed by atoms with van der Waals surface area (Å²) in [6.45, 7) is 4.07. The highest BCUT2D eigenvalue weighted by Gasteiger charge is 2.18. The van der Waals surface area contributed by atoms with Gasteiger partial charge in [0.15, 0.2) is 0 Å². The second-order valence-corrected chi connectivity index (χ2v) is 6.71. The molecule has 3 rings (SSSR count). The molecule has 0 bridgehead atoms. The maximum atomic E-state index is 12.5. The lowest BCUT2D eigenvalue weighted by Crippen LogP contribution is -2.19. The fraction of sp³-hybridized carbons (Fsp3) is 0.211. The van der Waals surface area contributed by atoms with Gasteiger partial charge in [-0.2, -0.15) is 0 Å². The number of carbonyl (C=O) groups excluding carboxylic acids is 1. The van der Waals surface area contributed by atoms with Gasteiger partial charge in [-0.1, -0.05) is 23.8 Å². The lowest BCUT2D eigenvalue weighted by atomic mass is 10.1. The second-order valence-electron chi connectivity index (χ2n) is 5.73. The van der Waals surface area contributed by atoms with Crippen molar-refractivity contribution in [2.75, 3.05) is 5.32 Å². The fourth-order valence-corrected chi connectivity index (χ4v) is 3.55. The van der Waals surface area contributed by atoms with Gasteiger partial charge in [-0.3, -0.25) is 4.79 Å². The molecule has 0 unspecified atom stereocenters. The molecule has 0 fully saturated rings. The maximum Gasteiger partial charge on any atom is 0.226 e. The molecule has 0 radical (unpaired) electrons. The van der Waals surface area contributed by atoms with Crippen LogP contribution in [-0.2, 0) is 4.79 Å². The minimum Gasteiger partial charge on any atom is -0.346 e. The molecule has 2 heterocycles. The van der Waals surface area contributed by atoms with Gasteiger partial charge in [-0.05, 0) is 49.1 Å². The summed E-state index contributed by atoms with van der Waals surface area (Å²) in [4.78, 5) is 13.7. The summed E-state index contributed by atoms with van der Waals surface area (Å²) < 4.78 is 2.09. The number of amides is 1. The summed E-state index contributed by atoms with van der Waals surface area (Å²) in [5, 5.41) is 5.09. The highest BCUT2D eigenvalue weighted by molar-refractivity contribution is 7.10. The van der Waals surface area contributed by atoms with Gasteiger partial charge in [0.1, 0.15) is 0 Å². The van der Waals surface area contributed by atoms with Gasteiger partial charge in [-0.25, -0.2) is 0 Å². The zero-order chi connectivity index (χ0) is 16.2. The molecule has 0 saturated carbocycles. The van der Waals surface area contributed by atoms with Crippen LogP contribution in [0.5, 0.6) is 0 Å². The molecule has 0 aliphatic carbocycles. The Balaban J connectivity index is 1.76. The van der Waals surface area contributed by atoms with E-state index in [9.17, 15) is 4.79 Å². The van der Waals surface area contributed by atoms with Crippen LogP contribution in [-0.4, -0.2) is 10.5 Å². The highest BCUT2D eigenvalue weighted by Crippen LogP contribution is 2.27. The van der Waals surface area contributed by atoms with Crippen LogP contribution < -0.4 is 5.32 Å². The zero-order valence-electron chi connectivity index (χ0n) is 13.3. The molecule has 0 aliphatic rings. The van der Waals surface area contributed by atoms with E-state index in [-0.39, 0.29) is 11.9 Å². The highest BCUT2D eigenvalue weighted by atomic mass is 32.1. The summed E-state index contributed by atoms with van der Waals surface area (Å²) in [7, 11) is 0. The van der Waals surface area contributed by atoms with Crippen molar-refractivity contribution >= 4 is 22.9 Å². The number of carbonyl (C=O) groups is 1. The Morgan fingerprint density at radius 1 is 1.17 bits per heavy atom. The first-order valence-electron chi connectivity index (χ1n) is 7.66. The first-order chi connectivity index (χ1) is 11.1. The summed E-state index contributed by atoms with van der Waals surface area (Å²) in [5.41, 5.74) is 3.18. The normalized spacial score (nSPS) is 12.1. The van der Waals surface area contributed by atoms with Gasteiger partial charge in [0, 0.05) is 23.0 Å². The lowest BCUT2D eigenvalue weighted by Gasteiger charge is -2.18. The predicted octanol–water partition coefficient (Wildman–Crippen LogP) is 4.78. The van der Waals surface area contributed by atoms with Gasteiger partial charge in [-0.15, -0.1) is 11.3 Å². The van der Waals surface area contributed by atoms with E-state index in [0.717, 1.165) is 11.3 Å². The number of aromatic nitrogens is 1. The molecule has 1 amide bonds. The van der Waals surface area contributed by atoms with Crippen molar-refractivity contribution in [3.8, 4) is 0 Å². The Labute approximate surface area is 140 Å². The average molecular weight is 324 g/mol. The molecule has 1 N–H and O–H groups in total. The molecule has 3 aromatic rings. The molecule has 2 aromatic heterocycles. The van der Waals surface area contributed by atoms with Gasteiger partial charge in [0.25, 0.3) is 0 Å². The van der Waals surface area contributed by atoms with Crippen molar-refractivity contribution in [2.24, 2.45) is 0 Å². The molecular weight excluding hydrogens is 304 g/mol. The number of aryl methyl sites for hydroxylation is 2. The van der Waals surface area contributed by atoms with Gasteiger partial charge in [0.2, 0.25) is 5.91 Å². The van der Waals surface area contributed by atoms with E-state index in [1.54, 1.807) is 11.3 Å². The van der Waals surface area contributed by atoms with E-state index in [2.05, 4.69) is 28.9 Å². The molecule has 0 aliphatic heterocycles. The Morgan fingerprint density at radius 3 is 2.61 bits per heavy atom. The number of thiophene rings is 1. The van der Waals surface area contributed by atoms with Crippen molar-refractivity contribution < 1.29 is 4.79 Å². The molecular formula is C19H20N2OS. The van der Waals surface area contributed by atoms with E-state index in [1.807, 2.05) is 55.0 Å². The molecule has 1 aromatic carbocycles. The van der Waals surface area contributed by atoms with Crippen molar-refractivity contribution in [2.45, 2.75) is 26.3 Å². The summed E-state index contributed by atoms with van der Waals surface area (Å²) >= 11 is 1.68. The zero-order valence-corrected chi connectivity index (χ0v) is 14.1. The third kappa shape index (κ3) is 3.71. The number of nitrogens with one attached hydrogen (secondary N) is 1. The SMILES string of the molecule is Cc1ccc(NC(=O)C[C@H](c2cccs2)n2cccc2)c(C)c1. The number of hydrogen-bond donors (Lipinski definition) is 1. The third-order valence-electron chi connectivity index (χ3n) is 3.89. The smallest absolute Gasteiger partial charge is 0.226 e. The summed E-state index contributed by atoms with van der Waals surface area (Å²) in [6.07, 6.45) is 4.44. The van der Waals surface area contributed by atoms with Crippen molar-refractivity contribution in [3.63, 3.8) is 0 Å². The van der Waals surface area contributed by atoms with Crippen LogP contribution in [0.2, 0.25) is 0 Å². The topological polar surface area (TPSA) is 34.0 Å². The minimum absolute atomic E-state index is 0.0315. The van der Waals surface area contributed by atoms with E-state index in [0.29, 0.717) is 6.42 Å². The lowest BCUT2D eigenvalue weighted by molar-refractivity contribution is -0.116. The largest absolute Gasteiger partial charge is 0.346 e. The Hall–Kier alpha value is -2.33. The van der Waals surface area contributed by atoms with Crippen LogP contribution in [0.25, 0.3) is 0 Å². The fourth-order valence-electron chi connectivity index (χ4n) is 2.72. The molecule has 0 saturated heterocycles. The number of hydrogen-bond acceptors (Lipinski definition) is 2.